The highest BCUT2D eigenvalue weighted by Crippen LogP contribution is 2.47. The zero-order valence-electron chi connectivity index (χ0n) is 28.9. The van der Waals surface area contributed by atoms with E-state index >= 15 is 0 Å². The number of aromatic carboxylic acids is 1. The van der Waals surface area contributed by atoms with Gasteiger partial charge in [0.1, 0.15) is 23.2 Å². The molecule has 4 atom stereocenters. The van der Waals surface area contributed by atoms with Crippen molar-refractivity contribution in [1.82, 2.24) is 5.32 Å². The molecule has 270 valence electrons. The van der Waals surface area contributed by atoms with Crippen LogP contribution in [0.4, 0.5) is 5.69 Å². The number of anilines is 1. The van der Waals surface area contributed by atoms with Gasteiger partial charge in [0.2, 0.25) is 5.91 Å². The zero-order chi connectivity index (χ0) is 34.9. The second kappa shape index (κ2) is 18.4. The number of carbonyl (C=O) groups excluding carboxylic acids is 1. The summed E-state index contributed by atoms with van der Waals surface area (Å²) in [6.07, 6.45) is 6.70. The number of methoxy groups -OCH3 is 1. The molecular weight excluding hydrogens is 624 g/mol. The molecule has 0 spiro atoms. The Balaban J connectivity index is 0.000000392. The predicted octanol–water partition coefficient (Wildman–Crippen LogP) is 3.89. The lowest BCUT2D eigenvalue weighted by atomic mass is 9.73. The number of amides is 1. The molecule has 1 aromatic heterocycles. The van der Waals surface area contributed by atoms with Crippen LogP contribution in [0.3, 0.4) is 0 Å². The number of carboxylic acid groups (broad SMARTS) is 1. The number of thiophene rings is 1. The second-order valence-electron chi connectivity index (χ2n) is 14.8. The van der Waals surface area contributed by atoms with Gasteiger partial charge in [-0.15, -0.1) is 11.3 Å². The van der Waals surface area contributed by atoms with Gasteiger partial charge in [0.05, 0.1) is 24.5 Å². The fourth-order valence-electron chi connectivity index (χ4n) is 7.25. The summed E-state index contributed by atoms with van der Waals surface area (Å²) in [4.78, 5) is 29.9. The standard InChI is InChI=1S/C28H43NO4S.C7H17NO5/c1-18-5-7-20(8-6-18)26(30)29(21-9-11-22(33-4)12-10-21)23-17-24(34-25(23)27(31)32)19-13-15-28(2,3)16-14-19;1-8-2-4(10)6(12)7(13)5(11)3-9/h17-22H,5-16H2,1-4H3,(H,31,32);4-13H,2-3H2,1H3/t18-,20-,21-,22-;4-,5+,6+,7+/m.0/s1. The Labute approximate surface area is 284 Å². The number of likely N-dealkylation sites (N-methyl/N-ethyl adjacent to an activating group) is 1. The van der Waals surface area contributed by atoms with E-state index in [4.69, 9.17) is 25.2 Å². The molecule has 7 N–H and O–H groups in total. The maximum atomic E-state index is 14.0. The van der Waals surface area contributed by atoms with Crippen molar-refractivity contribution in [2.75, 3.05) is 32.2 Å². The number of hydrogen-bond donors (Lipinski definition) is 7. The van der Waals surface area contributed by atoms with E-state index < -0.39 is 37.0 Å². The summed E-state index contributed by atoms with van der Waals surface area (Å²) in [5.74, 6) is 0.346. The summed E-state index contributed by atoms with van der Waals surface area (Å²) in [5.41, 5.74) is 1.04. The van der Waals surface area contributed by atoms with E-state index in [1.807, 2.05) is 4.90 Å². The summed E-state index contributed by atoms with van der Waals surface area (Å²) in [5, 5.41) is 57.6. The number of aliphatic hydroxyl groups is 5. The number of hydrogen-bond acceptors (Lipinski definition) is 10. The molecule has 3 aliphatic rings. The van der Waals surface area contributed by atoms with Gasteiger partial charge in [-0.3, -0.25) is 4.79 Å². The van der Waals surface area contributed by atoms with Crippen LogP contribution in [-0.4, -0.2) is 106 Å². The molecule has 12 heteroatoms. The zero-order valence-corrected chi connectivity index (χ0v) is 29.8. The predicted molar refractivity (Wildman–Crippen MR) is 183 cm³/mol. The van der Waals surface area contributed by atoms with Gasteiger partial charge in [-0.05, 0) is 107 Å². The first-order valence-electron chi connectivity index (χ1n) is 17.4. The van der Waals surface area contributed by atoms with E-state index in [1.54, 1.807) is 14.2 Å². The Kier molecular flexibility index (Phi) is 15.6. The van der Waals surface area contributed by atoms with Crippen molar-refractivity contribution in [3.8, 4) is 0 Å². The van der Waals surface area contributed by atoms with Crippen LogP contribution in [-0.2, 0) is 9.53 Å². The minimum absolute atomic E-state index is 0.0109. The van der Waals surface area contributed by atoms with Gasteiger partial charge in [0.25, 0.3) is 0 Å². The Hall–Kier alpha value is -1.64. The lowest BCUT2D eigenvalue weighted by Crippen LogP contribution is -2.48. The van der Waals surface area contributed by atoms with Gasteiger partial charge >= 0.3 is 5.97 Å². The van der Waals surface area contributed by atoms with Crippen molar-refractivity contribution >= 4 is 28.9 Å². The van der Waals surface area contributed by atoms with Gasteiger partial charge in [-0.1, -0.05) is 20.8 Å². The molecule has 1 heterocycles. The van der Waals surface area contributed by atoms with Crippen LogP contribution < -0.4 is 10.2 Å². The Bertz CT molecular complexity index is 1100. The maximum Gasteiger partial charge on any atom is 0.348 e. The summed E-state index contributed by atoms with van der Waals surface area (Å²) < 4.78 is 5.58. The molecule has 1 amide bonds. The van der Waals surface area contributed by atoms with Gasteiger partial charge in [0, 0.05) is 30.5 Å². The minimum atomic E-state index is -1.55. The average Bonchev–Trinajstić information content (AvgIpc) is 3.50. The van der Waals surface area contributed by atoms with Crippen molar-refractivity contribution in [1.29, 1.82) is 0 Å². The van der Waals surface area contributed by atoms with E-state index in [-0.39, 0.29) is 30.5 Å². The molecule has 11 nitrogen and oxygen atoms in total. The van der Waals surface area contributed by atoms with Crippen LogP contribution in [0, 0.1) is 17.3 Å². The van der Waals surface area contributed by atoms with Crippen LogP contribution in [0.15, 0.2) is 6.07 Å². The van der Waals surface area contributed by atoms with E-state index in [9.17, 15) is 19.8 Å². The number of aliphatic hydroxyl groups excluding tert-OH is 5. The summed E-state index contributed by atoms with van der Waals surface area (Å²) in [6.45, 7) is 6.35. The minimum Gasteiger partial charge on any atom is -0.477 e. The number of ether oxygens (including phenoxy) is 1. The van der Waals surface area contributed by atoms with E-state index in [1.165, 1.54) is 11.3 Å². The van der Waals surface area contributed by atoms with Crippen molar-refractivity contribution in [3.05, 3.63) is 15.8 Å². The molecule has 0 unspecified atom stereocenters. The molecule has 0 radical (unpaired) electrons. The molecule has 3 saturated carbocycles. The molecule has 0 bridgehead atoms. The summed E-state index contributed by atoms with van der Waals surface area (Å²) in [6, 6.07) is 2.15. The SMILES string of the molecule is CNC[C@H](O)[C@@H](O)[C@H](O)[C@H](O)CO.CO[C@H]1CC[C@H](N(c2cc(C3CCC(C)(C)CC3)sc2C(=O)O)C(=O)[C@H]2CC[C@H](C)CC2)CC1. The van der Waals surface area contributed by atoms with Crippen LogP contribution >= 0.6 is 11.3 Å². The Morgan fingerprint density at radius 2 is 1.53 bits per heavy atom. The lowest BCUT2D eigenvalue weighted by molar-refractivity contribution is -0.124. The van der Waals surface area contributed by atoms with E-state index in [0.29, 0.717) is 27.8 Å². The Morgan fingerprint density at radius 3 is 2.04 bits per heavy atom. The topological polar surface area (TPSA) is 180 Å². The molecule has 4 rings (SSSR count). The smallest absolute Gasteiger partial charge is 0.348 e. The average molecular weight is 685 g/mol. The molecule has 0 saturated heterocycles. The van der Waals surface area contributed by atoms with Crippen LogP contribution in [0.2, 0.25) is 0 Å². The van der Waals surface area contributed by atoms with Gasteiger partial charge < -0.3 is 45.6 Å². The fourth-order valence-corrected chi connectivity index (χ4v) is 8.41. The third-order valence-electron chi connectivity index (χ3n) is 10.6. The van der Waals surface area contributed by atoms with E-state index in [2.05, 4.69) is 32.2 Å². The molecule has 47 heavy (non-hydrogen) atoms. The van der Waals surface area contributed by atoms with Crippen LogP contribution in [0.5, 0.6) is 0 Å². The number of carboxylic acids is 1. The first-order chi connectivity index (χ1) is 22.2. The largest absolute Gasteiger partial charge is 0.477 e. The maximum absolute atomic E-state index is 14.0. The highest BCUT2D eigenvalue weighted by Gasteiger charge is 2.39. The molecule has 3 fully saturated rings. The molecular formula is C35H60N2O9S. The van der Waals surface area contributed by atoms with Gasteiger partial charge in [-0.2, -0.15) is 0 Å². The third kappa shape index (κ3) is 10.9. The summed E-state index contributed by atoms with van der Waals surface area (Å²) in [7, 11) is 3.33. The first kappa shape index (κ1) is 39.8. The number of rotatable bonds is 12. The third-order valence-corrected chi connectivity index (χ3v) is 11.9. The van der Waals surface area contributed by atoms with Crippen LogP contribution in [0.25, 0.3) is 0 Å². The van der Waals surface area contributed by atoms with Crippen molar-refractivity contribution < 1.29 is 45.0 Å². The number of nitrogens with one attached hydrogen (secondary N) is 1. The van der Waals surface area contributed by atoms with Crippen LogP contribution in [0.1, 0.15) is 118 Å². The quantitative estimate of drug-likeness (QED) is 0.171. The van der Waals surface area contributed by atoms with E-state index in [0.717, 1.165) is 81.9 Å². The normalized spacial score (nSPS) is 27.5. The highest BCUT2D eigenvalue weighted by molar-refractivity contribution is 7.14. The van der Waals surface area contributed by atoms with Crippen molar-refractivity contribution in [2.45, 2.75) is 140 Å². The second-order valence-corrected chi connectivity index (χ2v) is 15.9. The van der Waals surface area contributed by atoms with Gasteiger partial charge in [0.15, 0.2) is 0 Å². The number of carbonyl (C=O) groups is 2. The highest BCUT2D eigenvalue weighted by atomic mass is 32.1. The van der Waals surface area contributed by atoms with Gasteiger partial charge in [-0.25, -0.2) is 4.79 Å². The number of nitrogens with zero attached hydrogens (tertiary/aromatic N) is 1. The molecule has 1 aromatic rings. The van der Waals surface area contributed by atoms with Crippen molar-refractivity contribution in [2.24, 2.45) is 17.3 Å². The first-order valence-corrected chi connectivity index (χ1v) is 18.2. The molecule has 0 aromatic carbocycles. The molecule has 3 aliphatic carbocycles. The fraction of sp³-hybridized carbons (Fsp3) is 0.829. The molecule has 0 aliphatic heterocycles. The lowest BCUT2D eigenvalue weighted by Gasteiger charge is -2.39. The van der Waals surface area contributed by atoms with Crippen molar-refractivity contribution in [3.63, 3.8) is 0 Å². The monoisotopic (exact) mass is 684 g/mol. The summed E-state index contributed by atoms with van der Waals surface area (Å²) >= 11 is 1.42. The Morgan fingerprint density at radius 1 is 0.957 bits per heavy atom.